The van der Waals surface area contributed by atoms with Crippen molar-refractivity contribution in [3.8, 4) is 0 Å². The number of aryl methyl sites for hydroxylation is 1. The van der Waals surface area contributed by atoms with Crippen LogP contribution in [-0.2, 0) is 16.9 Å². The smallest absolute Gasteiger partial charge is 0.200 e. The summed E-state index contributed by atoms with van der Waals surface area (Å²) in [5.41, 5.74) is 0.197. The highest BCUT2D eigenvalue weighted by atomic mass is 32.2. The number of hydrogen-bond donors (Lipinski definition) is 0. The van der Waals surface area contributed by atoms with Gasteiger partial charge in [-0.05, 0) is 6.92 Å². The zero-order valence-electron chi connectivity index (χ0n) is 8.13. The van der Waals surface area contributed by atoms with Crippen molar-refractivity contribution in [3.63, 3.8) is 0 Å². The highest BCUT2D eigenvalue weighted by molar-refractivity contribution is 7.92. The molecule has 0 aromatic carbocycles. The Labute approximate surface area is 81.8 Å². The molecule has 14 heavy (non-hydrogen) atoms. The molecule has 1 heterocycles. The van der Waals surface area contributed by atoms with Gasteiger partial charge < -0.3 is 0 Å². The summed E-state index contributed by atoms with van der Waals surface area (Å²) in [4.78, 5) is 11.6. The highest BCUT2D eigenvalue weighted by Crippen LogP contribution is 2.07. The molecule has 0 saturated heterocycles. The van der Waals surface area contributed by atoms with E-state index in [1.807, 2.05) is 0 Å². The molecule has 0 amide bonds. The first-order chi connectivity index (χ1) is 6.34. The minimum absolute atomic E-state index is 0.197. The van der Waals surface area contributed by atoms with E-state index in [9.17, 15) is 13.2 Å². The van der Waals surface area contributed by atoms with Gasteiger partial charge in [0.1, 0.15) is 10.9 Å². The molecule has 0 fully saturated rings. The second-order valence-electron chi connectivity index (χ2n) is 3.08. The van der Waals surface area contributed by atoms with Crippen molar-refractivity contribution in [1.29, 1.82) is 0 Å². The zero-order chi connectivity index (χ0) is 10.9. The largest absolute Gasteiger partial charge is 0.291 e. The van der Waals surface area contributed by atoms with E-state index in [0.717, 1.165) is 6.26 Å². The lowest BCUT2D eigenvalue weighted by molar-refractivity contribution is 0.0982. The van der Waals surface area contributed by atoms with Gasteiger partial charge in [-0.1, -0.05) is 5.21 Å². The number of ketones is 1. The van der Waals surface area contributed by atoms with Crippen LogP contribution >= 0.6 is 0 Å². The Morgan fingerprint density at radius 3 is 2.50 bits per heavy atom. The molecule has 1 rings (SSSR count). The molecule has 0 bridgehead atoms. The lowest BCUT2D eigenvalue weighted by Gasteiger charge is -2.06. The maximum atomic E-state index is 11.6. The number of aromatic nitrogens is 3. The zero-order valence-corrected chi connectivity index (χ0v) is 8.95. The molecular weight excluding hydrogens is 206 g/mol. The average Bonchev–Trinajstić information content (AvgIpc) is 2.47. The van der Waals surface area contributed by atoms with E-state index >= 15 is 0 Å². The van der Waals surface area contributed by atoms with E-state index in [4.69, 9.17) is 0 Å². The van der Waals surface area contributed by atoms with Crippen molar-refractivity contribution in [2.75, 3.05) is 6.26 Å². The van der Waals surface area contributed by atoms with E-state index in [1.54, 1.807) is 0 Å². The minimum Gasteiger partial charge on any atom is -0.291 e. The number of Topliss-reactive ketones (excluding diaryl/α,β-unsaturated/α-hetero) is 1. The van der Waals surface area contributed by atoms with Crippen LogP contribution in [0.2, 0.25) is 0 Å². The van der Waals surface area contributed by atoms with Gasteiger partial charge in [-0.25, -0.2) is 13.1 Å². The molecule has 1 atom stereocenters. The van der Waals surface area contributed by atoms with Gasteiger partial charge in [0.05, 0.1) is 6.20 Å². The SMILES string of the molecule is CC(C(=O)c1cnnn1C)S(C)(=O)=O. The summed E-state index contributed by atoms with van der Waals surface area (Å²) in [5, 5.41) is 6.00. The fourth-order valence-corrected chi connectivity index (χ4v) is 1.43. The molecule has 1 aromatic heterocycles. The fraction of sp³-hybridized carbons (Fsp3) is 0.571. The molecule has 1 aromatic rings. The van der Waals surface area contributed by atoms with Crippen molar-refractivity contribution >= 4 is 15.6 Å². The summed E-state index contributed by atoms with van der Waals surface area (Å²) in [7, 11) is -1.83. The third-order valence-electron chi connectivity index (χ3n) is 1.98. The summed E-state index contributed by atoms with van der Waals surface area (Å²) in [6.07, 6.45) is 2.28. The Morgan fingerprint density at radius 1 is 1.57 bits per heavy atom. The van der Waals surface area contributed by atoms with Gasteiger partial charge in [-0.3, -0.25) is 4.79 Å². The van der Waals surface area contributed by atoms with Crippen LogP contribution in [0.25, 0.3) is 0 Å². The summed E-state index contributed by atoms with van der Waals surface area (Å²) >= 11 is 0. The second-order valence-corrected chi connectivity index (χ2v) is 5.45. The lowest BCUT2D eigenvalue weighted by Crippen LogP contribution is -2.27. The summed E-state index contributed by atoms with van der Waals surface area (Å²) in [6, 6.07) is 0. The summed E-state index contributed by atoms with van der Waals surface area (Å²) in [5.74, 6) is -0.486. The lowest BCUT2D eigenvalue weighted by atomic mass is 10.2. The van der Waals surface area contributed by atoms with E-state index in [-0.39, 0.29) is 5.69 Å². The molecule has 0 radical (unpaired) electrons. The van der Waals surface area contributed by atoms with Gasteiger partial charge in [0.15, 0.2) is 15.6 Å². The highest BCUT2D eigenvalue weighted by Gasteiger charge is 2.26. The van der Waals surface area contributed by atoms with Crippen LogP contribution in [0.4, 0.5) is 0 Å². The summed E-state index contributed by atoms with van der Waals surface area (Å²) in [6.45, 7) is 1.35. The van der Waals surface area contributed by atoms with Crippen LogP contribution in [0.15, 0.2) is 6.20 Å². The monoisotopic (exact) mass is 217 g/mol. The molecule has 0 aliphatic rings. The predicted molar refractivity (Wildman–Crippen MR) is 49.6 cm³/mol. The van der Waals surface area contributed by atoms with Crippen LogP contribution in [-0.4, -0.2) is 40.7 Å². The fourth-order valence-electron chi connectivity index (χ4n) is 0.915. The number of rotatable bonds is 3. The van der Waals surface area contributed by atoms with Gasteiger partial charge in [-0.15, -0.1) is 5.10 Å². The van der Waals surface area contributed by atoms with Crippen LogP contribution in [0.5, 0.6) is 0 Å². The summed E-state index contributed by atoms with van der Waals surface area (Å²) < 4.78 is 23.5. The van der Waals surface area contributed by atoms with Gasteiger partial charge in [0.25, 0.3) is 0 Å². The maximum absolute atomic E-state index is 11.6. The predicted octanol–water partition coefficient (Wildman–Crippen LogP) is -0.569. The Hall–Kier alpha value is -1.24. The Balaban J connectivity index is 3.04. The van der Waals surface area contributed by atoms with E-state index in [2.05, 4.69) is 10.3 Å². The van der Waals surface area contributed by atoms with Crippen molar-refractivity contribution in [3.05, 3.63) is 11.9 Å². The first-order valence-electron chi connectivity index (χ1n) is 3.92. The van der Waals surface area contributed by atoms with E-state index in [1.165, 1.54) is 24.9 Å². The van der Waals surface area contributed by atoms with Gasteiger partial charge >= 0.3 is 0 Å². The Bertz CT molecular complexity index is 449. The van der Waals surface area contributed by atoms with Gasteiger partial charge in [0.2, 0.25) is 0 Å². The van der Waals surface area contributed by atoms with E-state index < -0.39 is 20.9 Å². The minimum atomic E-state index is -3.36. The van der Waals surface area contributed by atoms with Crippen molar-refractivity contribution in [2.45, 2.75) is 12.2 Å². The maximum Gasteiger partial charge on any atom is 0.200 e. The van der Waals surface area contributed by atoms with Crippen molar-refractivity contribution in [1.82, 2.24) is 15.0 Å². The van der Waals surface area contributed by atoms with Crippen LogP contribution in [0, 0.1) is 0 Å². The topological polar surface area (TPSA) is 81.9 Å². The van der Waals surface area contributed by atoms with Gasteiger partial charge in [0, 0.05) is 13.3 Å². The number of carbonyl (C=O) groups is 1. The van der Waals surface area contributed by atoms with Crippen LogP contribution < -0.4 is 0 Å². The Kier molecular flexibility index (Phi) is 2.70. The molecule has 6 nitrogen and oxygen atoms in total. The third kappa shape index (κ3) is 1.98. The Morgan fingerprint density at radius 2 is 2.14 bits per heavy atom. The first kappa shape index (κ1) is 10.8. The normalized spacial score (nSPS) is 13.9. The molecule has 0 aliphatic heterocycles. The molecule has 0 saturated carbocycles. The first-order valence-corrected chi connectivity index (χ1v) is 5.87. The standard InChI is InChI=1S/C7H11N3O3S/c1-5(14(3,12)13)7(11)6-4-8-9-10(6)2/h4-5H,1-3H3. The number of carbonyl (C=O) groups excluding carboxylic acids is 1. The third-order valence-corrected chi connectivity index (χ3v) is 3.48. The van der Waals surface area contributed by atoms with Crippen LogP contribution in [0.3, 0.4) is 0 Å². The molecule has 0 spiro atoms. The van der Waals surface area contributed by atoms with Crippen molar-refractivity contribution < 1.29 is 13.2 Å². The van der Waals surface area contributed by atoms with E-state index in [0.29, 0.717) is 0 Å². The molecule has 78 valence electrons. The number of sulfone groups is 1. The molecular formula is C7H11N3O3S. The molecule has 0 aliphatic carbocycles. The number of nitrogens with zero attached hydrogens (tertiary/aromatic N) is 3. The number of hydrogen-bond acceptors (Lipinski definition) is 5. The average molecular weight is 217 g/mol. The van der Waals surface area contributed by atoms with Crippen LogP contribution in [0.1, 0.15) is 17.4 Å². The molecule has 1 unspecified atom stereocenters. The van der Waals surface area contributed by atoms with Gasteiger partial charge in [-0.2, -0.15) is 0 Å². The van der Waals surface area contributed by atoms with Crippen molar-refractivity contribution in [2.24, 2.45) is 7.05 Å². The molecule has 7 heteroatoms. The quantitative estimate of drug-likeness (QED) is 0.633. The second kappa shape index (κ2) is 3.49. The molecule has 0 N–H and O–H groups in total.